The maximum Gasteiger partial charge on any atom is 0.277 e. The molecule has 26 heteroatoms. The van der Waals surface area contributed by atoms with Crippen molar-refractivity contribution in [3.05, 3.63) is 376 Å². The van der Waals surface area contributed by atoms with Crippen LogP contribution in [-0.2, 0) is 0 Å². The molecule has 4 saturated heterocycles. The third-order valence-corrected chi connectivity index (χ3v) is 24.9. The van der Waals surface area contributed by atoms with Crippen LogP contribution in [0.2, 0.25) is 0 Å². The summed E-state index contributed by atoms with van der Waals surface area (Å²) in [6.07, 6.45) is 15.6. The van der Waals surface area contributed by atoms with Crippen molar-refractivity contribution in [1.82, 2.24) is 58.7 Å². The number of benzene rings is 8. The Hall–Kier alpha value is -13.0. The van der Waals surface area contributed by atoms with Crippen LogP contribution < -0.4 is 21.7 Å². The number of hydrogen-bond acceptors (Lipinski definition) is 16. The number of carbonyl (C=O) groups is 4. The number of carbonyl (C=O) groups excluding carboxylic acids is 4. The van der Waals surface area contributed by atoms with Crippen LogP contribution in [0.5, 0.6) is 23.0 Å². The number of piperidine rings is 4. The van der Waals surface area contributed by atoms with E-state index in [4.69, 9.17) is 0 Å². The van der Waals surface area contributed by atoms with Crippen molar-refractivity contribution >= 4 is 54.7 Å². The first-order valence-electron chi connectivity index (χ1n) is 41.3. The molecular formula is C98H101N12O12P2-3. The fraction of sp³-hybridized carbons (Fsp3) is 0.286. The van der Waals surface area contributed by atoms with Gasteiger partial charge in [-0.2, -0.15) is 20.4 Å². The fourth-order valence-electron chi connectivity index (χ4n) is 19.6. The molecule has 7 atom stereocenters. The molecule has 4 aromatic heterocycles. The van der Waals surface area contributed by atoms with Crippen LogP contribution in [0.1, 0.15) is 214 Å². The highest BCUT2D eigenvalue weighted by molar-refractivity contribution is 6.92. The molecule has 0 aliphatic carbocycles. The summed E-state index contributed by atoms with van der Waals surface area (Å²) in [4.78, 5) is 109. The molecule has 12 aromatic rings. The Kier molecular flexibility index (Phi) is 27.9. The van der Waals surface area contributed by atoms with Crippen LogP contribution in [0, 0.1) is 0 Å². The largest absolute Gasteiger partial charge is 1.51 e. The summed E-state index contributed by atoms with van der Waals surface area (Å²) in [6, 6.07) is 80.0. The SMILES string of the molecule is C.C.O=C1c2c(O)c(=O)cnn2C(=C(c2ccccc2)c2ccccc2)C2CCCCN12.O=C1c2c(O)c(=O)cnn2C(C(c2ccccc2)c2ccccc2)C2CCCCN12.O=C1c2c(O)c(=O)cnn2C(C(c2ccccc2)c2ccccc2)C2CCCCN12.O=C1c2c(O)c(=O)cnn2C(C(c2ccccc2)c2ccccc2)C2CCCCN12.[PH-2].[PH2-]. The Morgan fingerprint density at radius 3 is 0.815 bits per heavy atom. The number of aromatic hydroxyl groups is 4. The van der Waals surface area contributed by atoms with Crippen molar-refractivity contribution < 1.29 is 39.6 Å². The highest BCUT2D eigenvalue weighted by Crippen LogP contribution is 2.50. The van der Waals surface area contributed by atoms with Gasteiger partial charge in [0.15, 0.2) is 45.8 Å². The van der Waals surface area contributed by atoms with Gasteiger partial charge in [0, 0.05) is 49.5 Å². The molecule has 638 valence electrons. The molecule has 8 aliphatic heterocycles. The normalized spacial score (nSPS) is 19.4. The highest BCUT2D eigenvalue weighted by atomic mass is 31.0. The zero-order chi connectivity index (χ0) is 82.7. The third kappa shape index (κ3) is 16.8. The van der Waals surface area contributed by atoms with Crippen LogP contribution in [-0.4, -0.2) is 153 Å². The molecule has 24 nitrogen and oxygen atoms in total. The number of nitrogens with zero attached hydrogens (tertiary/aromatic N) is 12. The molecule has 8 aliphatic rings. The lowest BCUT2D eigenvalue weighted by atomic mass is 9.77. The Bertz CT molecular complexity index is 5480. The zero-order valence-electron chi connectivity index (χ0n) is 67.0. The van der Waals surface area contributed by atoms with Crippen molar-refractivity contribution in [2.45, 2.75) is 152 Å². The van der Waals surface area contributed by atoms with Crippen molar-refractivity contribution in [2.75, 3.05) is 26.2 Å². The first-order valence-corrected chi connectivity index (χ1v) is 41.3. The van der Waals surface area contributed by atoms with Gasteiger partial charge in [-0.15, -0.1) is 0 Å². The van der Waals surface area contributed by atoms with E-state index in [0.29, 0.717) is 26.2 Å². The molecule has 0 saturated carbocycles. The number of fused-ring (bicyclic) bond motifs is 8. The minimum absolute atomic E-state index is 0. The predicted molar refractivity (Wildman–Crippen MR) is 483 cm³/mol. The van der Waals surface area contributed by atoms with E-state index >= 15 is 0 Å². The molecule has 0 bridgehead atoms. The summed E-state index contributed by atoms with van der Waals surface area (Å²) in [5, 5.41) is 59.5. The van der Waals surface area contributed by atoms with Crippen LogP contribution in [0.25, 0.3) is 11.3 Å². The van der Waals surface area contributed by atoms with Crippen LogP contribution >= 0.6 is 19.8 Å². The molecule has 0 radical (unpaired) electrons. The molecule has 124 heavy (non-hydrogen) atoms. The molecule has 12 heterocycles. The maximum absolute atomic E-state index is 13.2. The third-order valence-electron chi connectivity index (χ3n) is 24.9. The van der Waals surface area contributed by atoms with E-state index in [1.807, 2.05) is 185 Å². The molecule has 8 aromatic carbocycles. The van der Waals surface area contributed by atoms with Crippen LogP contribution in [0.4, 0.5) is 0 Å². The van der Waals surface area contributed by atoms with Crippen molar-refractivity contribution in [3.63, 3.8) is 0 Å². The first kappa shape index (κ1) is 88.7. The lowest BCUT2D eigenvalue weighted by Crippen LogP contribution is -2.55. The fourth-order valence-corrected chi connectivity index (χ4v) is 19.6. The standard InChI is InChI=1S/3C24H23N3O3.C24H21N3O3.2CH4.H2P.HP/c4*28-19-15-25-27-21(18-13-7-8-14-26(18)24(30)22(27)23(19)29)20(16-9-3-1-4-10-16)17-11-5-2-6-12-17;;;;/h3*1-6,9-12,15,18,20-21,29H,7-8,13-14H2;1-6,9-12,15,18,29H,7-8,13-14H2;2*1H4;1H2;1H/q;;;;;;-1;-2. The maximum atomic E-state index is 13.2. The van der Waals surface area contributed by atoms with Gasteiger partial charge in [0.1, 0.15) is 0 Å². The van der Waals surface area contributed by atoms with Crippen molar-refractivity contribution in [1.29, 1.82) is 0 Å². The van der Waals surface area contributed by atoms with Gasteiger partial charge in [-0.3, -0.25) is 52.4 Å². The minimum atomic E-state index is -0.648. The van der Waals surface area contributed by atoms with Gasteiger partial charge in [0.25, 0.3) is 23.6 Å². The van der Waals surface area contributed by atoms with E-state index in [9.17, 15) is 58.8 Å². The predicted octanol–water partition coefficient (Wildman–Crippen LogP) is 15.6. The quantitative estimate of drug-likeness (QED) is 0.0875. The van der Waals surface area contributed by atoms with Gasteiger partial charge in [0.05, 0.1) is 72.8 Å². The molecule has 7 unspecified atom stereocenters. The Balaban J connectivity index is 0.000000141. The average Bonchev–Trinajstić information content (AvgIpc) is 0.747. The zero-order valence-corrected chi connectivity index (χ0v) is 69.1. The Labute approximate surface area is 725 Å². The summed E-state index contributed by atoms with van der Waals surface area (Å²) in [5.74, 6) is -3.59. The van der Waals surface area contributed by atoms with E-state index < -0.39 is 44.7 Å². The van der Waals surface area contributed by atoms with Crippen molar-refractivity contribution in [2.24, 2.45) is 0 Å². The lowest BCUT2D eigenvalue weighted by Gasteiger charge is -2.47. The molecule has 4 fully saturated rings. The second-order valence-corrected chi connectivity index (χ2v) is 31.6. The first-order chi connectivity index (χ1) is 58.7. The summed E-state index contributed by atoms with van der Waals surface area (Å²) < 4.78 is 6.31. The van der Waals surface area contributed by atoms with E-state index in [2.05, 4.69) is 93.2 Å². The Morgan fingerprint density at radius 2 is 0.532 bits per heavy atom. The van der Waals surface area contributed by atoms with Gasteiger partial charge in [-0.1, -0.05) is 258 Å². The van der Waals surface area contributed by atoms with Crippen LogP contribution in [0.3, 0.4) is 0 Å². The van der Waals surface area contributed by atoms with Gasteiger partial charge < -0.3 is 59.8 Å². The smallest absolute Gasteiger partial charge is 0.277 e. The summed E-state index contributed by atoms with van der Waals surface area (Å²) in [7, 11) is 0. The van der Waals surface area contributed by atoms with E-state index in [1.54, 1.807) is 18.9 Å². The van der Waals surface area contributed by atoms with Crippen molar-refractivity contribution in [3.8, 4) is 23.0 Å². The monoisotopic (exact) mass is 1700 g/mol. The molecule has 0 spiro atoms. The molecule has 20 rings (SSSR count). The van der Waals surface area contributed by atoms with Gasteiger partial charge >= 0.3 is 0 Å². The Morgan fingerprint density at radius 1 is 0.298 bits per heavy atom. The number of amides is 4. The van der Waals surface area contributed by atoms with Gasteiger partial charge in [-0.05, 0) is 122 Å². The number of hydrogen-bond donors (Lipinski definition) is 4. The molecular weight excluding hydrogens is 1600 g/mol. The van der Waals surface area contributed by atoms with Crippen LogP contribution in [0.15, 0.2) is 287 Å². The average molecular weight is 1700 g/mol. The number of rotatable bonds is 11. The molecule has 4 N–H and O–H groups in total. The molecule has 4 amide bonds. The second-order valence-electron chi connectivity index (χ2n) is 31.6. The van der Waals surface area contributed by atoms with E-state index in [1.165, 1.54) is 4.68 Å². The second kappa shape index (κ2) is 39.0. The summed E-state index contributed by atoms with van der Waals surface area (Å²) >= 11 is 0. The minimum Gasteiger partial charge on any atom is -1.51 e. The van der Waals surface area contributed by atoms with E-state index in [0.717, 1.165) is 158 Å². The topological polar surface area (TPSA) is 302 Å². The van der Waals surface area contributed by atoms with Gasteiger partial charge in [0.2, 0.25) is 21.7 Å². The lowest BCUT2D eigenvalue weighted by molar-refractivity contribution is 0.0350. The van der Waals surface area contributed by atoms with E-state index in [-0.39, 0.29) is 141 Å². The number of aromatic nitrogens is 8. The van der Waals surface area contributed by atoms with Gasteiger partial charge in [-0.25, -0.2) is 4.68 Å². The highest BCUT2D eigenvalue weighted by Gasteiger charge is 2.51. The summed E-state index contributed by atoms with van der Waals surface area (Å²) in [6.45, 7) is 2.46. The summed E-state index contributed by atoms with van der Waals surface area (Å²) in [5.41, 5.74) is 7.83.